The van der Waals surface area contributed by atoms with Gasteiger partial charge in [-0.25, -0.2) is 9.59 Å². The summed E-state index contributed by atoms with van der Waals surface area (Å²) in [5.41, 5.74) is 2.10. The smallest absolute Gasteiger partial charge is 0.503 e. The van der Waals surface area contributed by atoms with E-state index < -0.39 is 12.3 Å². The minimum Gasteiger partial charge on any atom is -0.508 e. The van der Waals surface area contributed by atoms with Crippen LogP contribution in [0.5, 0.6) is 11.5 Å². The van der Waals surface area contributed by atoms with Crippen LogP contribution < -0.4 is 0 Å². The molecule has 6 N–H and O–H groups in total. The molecule has 8 heteroatoms. The van der Waals surface area contributed by atoms with Crippen LogP contribution in [0.4, 0.5) is 9.59 Å². The molecule has 25 heavy (non-hydrogen) atoms. The highest BCUT2D eigenvalue weighted by atomic mass is 16.6. The molecule has 0 saturated carbocycles. The topological polar surface area (TPSA) is 156 Å². The highest BCUT2D eigenvalue weighted by Crippen LogP contribution is 2.32. The average Bonchev–Trinajstić information content (AvgIpc) is 2.47. The first kappa shape index (κ1) is 21.6. The van der Waals surface area contributed by atoms with Gasteiger partial charge in [0.1, 0.15) is 11.5 Å². The SMILES string of the molecule is CC(C)(c1ccc(O)cc1)c1ccc(O)cc1.O=C(O)O.O=C(O)O. The Bertz CT molecular complexity index is 607. The molecular formula is C17H20O8. The zero-order valence-electron chi connectivity index (χ0n) is 13.6. The maximum Gasteiger partial charge on any atom is 0.503 e. The zero-order valence-corrected chi connectivity index (χ0v) is 13.6. The normalized spacial score (nSPS) is 9.68. The lowest BCUT2D eigenvalue weighted by molar-refractivity contribution is 0.135. The number of hydrogen-bond acceptors (Lipinski definition) is 4. The molecule has 0 aliphatic heterocycles. The lowest BCUT2D eigenvalue weighted by Gasteiger charge is -2.26. The van der Waals surface area contributed by atoms with E-state index in [0.29, 0.717) is 0 Å². The third-order valence-corrected chi connectivity index (χ3v) is 3.18. The molecule has 136 valence electrons. The van der Waals surface area contributed by atoms with Crippen LogP contribution in [0.2, 0.25) is 0 Å². The first-order chi connectivity index (χ1) is 11.5. The van der Waals surface area contributed by atoms with Gasteiger partial charge in [0.2, 0.25) is 0 Å². The molecule has 0 fully saturated rings. The van der Waals surface area contributed by atoms with Crippen molar-refractivity contribution in [3.63, 3.8) is 0 Å². The van der Waals surface area contributed by atoms with Gasteiger partial charge in [-0.3, -0.25) is 0 Å². The Morgan fingerprint density at radius 3 is 1.04 bits per heavy atom. The van der Waals surface area contributed by atoms with Crippen LogP contribution >= 0.6 is 0 Å². The van der Waals surface area contributed by atoms with Crippen molar-refractivity contribution < 1.29 is 40.2 Å². The number of phenols is 2. The van der Waals surface area contributed by atoms with Gasteiger partial charge in [0, 0.05) is 5.41 Å². The second kappa shape index (κ2) is 9.66. The number of carboxylic acid groups (broad SMARTS) is 4. The standard InChI is InChI=1S/C15H16O2.2CH2O3/c1-15(2,11-3-7-13(16)8-4-11)12-5-9-14(17)10-6-12;2*2-1(3)4/h3-10,16-17H,1-2H3;2*(H2,2,3,4). The zero-order chi connectivity index (χ0) is 19.6. The summed E-state index contributed by atoms with van der Waals surface area (Å²) in [5.74, 6) is 0.547. The van der Waals surface area contributed by atoms with E-state index >= 15 is 0 Å². The van der Waals surface area contributed by atoms with Crippen LogP contribution in [0.1, 0.15) is 25.0 Å². The predicted octanol–water partition coefficient (Wildman–Crippen LogP) is 3.87. The van der Waals surface area contributed by atoms with Gasteiger partial charge in [0.25, 0.3) is 0 Å². The fraction of sp³-hybridized carbons (Fsp3) is 0.176. The summed E-state index contributed by atoms with van der Waals surface area (Å²) < 4.78 is 0. The molecule has 2 aromatic carbocycles. The van der Waals surface area contributed by atoms with E-state index in [0.717, 1.165) is 11.1 Å². The van der Waals surface area contributed by atoms with Gasteiger partial charge in [0.05, 0.1) is 0 Å². The minimum atomic E-state index is -1.83. The van der Waals surface area contributed by atoms with E-state index in [1.54, 1.807) is 24.3 Å². The third kappa shape index (κ3) is 8.70. The van der Waals surface area contributed by atoms with Crippen molar-refractivity contribution in [2.75, 3.05) is 0 Å². The molecule has 0 amide bonds. The molecule has 0 saturated heterocycles. The lowest BCUT2D eigenvalue weighted by Crippen LogP contribution is -2.18. The first-order valence-corrected chi connectivity index (χ1v) is 6.89. The van der Waals surface area contributed by atoms with Crippen molar-refractivity contribution in [2.24, 2.45) is 0 Å². The summed E-state index contributed by atoms with van der Waals surface area (Å²) in [6, 6.07) is 14.4. The van der Waals surface area contributed by atoms with Gasteiger partial charge in [-0.15, -0.1) is 0 Å². The Labute approximate surface area is 143 Å². The fourth-order valence-electron chi connectivity index (χ4n) is 1.92. The van der Waals surface area contributed by atoms with Crippen LogP contribution in [-0.4, -0.2) is 42.9 Å². The number of rotatable bonds is 2. The number of hydrogen-bond donors (Lipinski definition) is 6. The Balaban J connectivity index is 0.000000609. The van der Waals surface area contributed by atoms with Crippen LogP contribution in [0, 0.1) is 0 Å². The molecule has 0 bridgehead atoms. The van der Waals surface area contributed by atoms with Crippen molar-refractivity contribution in [2.45, 2.75) is 19.3 Å². The second-order valence-corrected chi connectivity index (χ2v) is 5.28. The Morgan fingerprint density at radius 2 is 0.840 bits per heavy atom. The maximum absolute atomic E-state index is 9.30. The van der Waals surface area contributed by atoms with Crippen molar-refractivity contribution in [3.8, 4) is 11.5 Å². The average molecular weight is 352 g/mol. The molecule has 0 aromatic heterocycles. The van der Waals surface area contributed by atoms with Crippen LogP contribution in [0.3, 0.4) is 0 Å². The van der Waals surface area contributed by atoms with E-state index in [2.05, 4.69) is 13.8 Å². The molecule has 0 atom stereocenters. The van der Waals surface area contributed by atoms with Crippen molar-refractivity contribution >= 4 is 12.3 Å². The Morgan fingerprint density at radius 1 is 0.640 bits per heavy atom. The van der Waals surface area contributed by atoms with Gasteiger partial charge in [-0.2, -0.15) is 0 Å². The summed E-state index contributed by atoms with van der Waals surface area (Å²) >= 11 is 0. The quantitative estimate of drug-likeness (QED) is 0.476. The number of carbonyl (C=O) groups is 2. The number of aromatic hydroxyl groups is 2. The van der Waals surface area contributed by atoms with E-state index in [1.807, 2.05) is 24.3 Å². The molecule has 2 aromatic rings. The van der Waals surface area contributed by atoms with Gasteiger partial charge < -0.3 is 30.6 Å². The van der Waals surface area contributed by atoms with Gasteiger partial charge >= 0.3 is 12.3 Å². The van der Waals surface area contributed by atoms with Crippen molar-refractivity contribution in [1.29, 1.82) is 0 Å². The van der Waals surface area contributed by atoms with E-state index in [1.165, 1.54) is 0 Å². The molecule has 0 radical (unpaired) electrons. The van der Waals surface area contributed by atoms with Crippen molar-refractivity contribution in [3.05, 3.63) is 59.7 Å². The summed E-state index contributed by atoms with van der Waals surface area (Å²) in [6.45, 7) is 4.23. The first-order valence-electron chi connectivity index (χ1n) is 6.89. The van der Waals surface area contributed by atoms with E-state index in [4.69, 9.17) is 30.0 Å². The fourth-order valence-corrected chi connectivity index (χ4v) is 1.92. The molecule has 8 nitrogen and oxygen atoms in total. The van der Waals surface area contributed by atoms with Crippen molar-refractivity contribution in [1.82, 2.24) is 0 Å². The largest absolute Gasteiger partial charge is 0.508 e. The number of phenolic OH excluding ortho intramolecular Hbond substituents is 2. The third-order valence-electron chi connectivity index (χ3n) is 3.18. The highest BCUT2D eigenvalue weighted by molar-refractivity contribution is 5.53. The lowest BCUT2D eigenvalue weighted by atomic mass is 9.78. The summed E-state index contributed by atoms with van der Waals surface area (Å²) in [6.07, 6.45) is -3.67. The minimum absolute atomic E-state index is 0.151. The second-order valence-electron chi connectivity index (χ2n) is 5.28. The molecule has 0 heterocycles. The molecule has 0 aliphatic carbocycles. The summed E-state index contributed by atoms with van der Waals surface area (Å²) in [7, 11) is 0. The Kier molecular flexibility index (Phi) is 8.34. The molecule has 0 unspecified atom stereocenters. The predicted molar refractivity (Wildman–Crippen MR) is 89.6 cm³/mol. The molecule has 2 rings (SSSR count). The molecular weight excluding hydrogens is 332 g/mol. The number of benzene rings is 2. The van der Waals surface area contributed by atoms with E-state index in [9.17, 15) is 10.2 Å². The van der Waals surface area contributed by atoms with E-state index in [-0.39, 0.29) is 16.9 Å². The maximum atomic E-state index is 9.30. The van der Waals surface area contributed by atoms with Gasteiger partial charge in [-0.05, 0) is 35.4 Å². The highest BCUT2D eigenvalue weighted by Gasteiger charge is 2.22. The summed E-state index contributed by atoms with van der Waals surface area (Å²) in [4.78, 5) is 17.1. The monoisotopic (exact) mass is 352 g/mol. The van der Waals surface area contributed by atoms with Crippen LogP contribution in [0.15, 0.2) is 48.5 Å². The van der Waals surface area contributed by atoms with Gasteiger partial charge in [0.15, 0.2) is 0 Å². The van der Waals surface area contributed by atoms with Crippen LogP contribution in [0.25, 0.3) is 0 Å². The molecule has 0 spiro atoms. The summed E-state index contributed by atoms with van der Waals surface area (Å²) in [5, 5.41) is 46.5. The van der Waals surface area contributed by atoms with Gasteiger partial charge in [-0.1, -0.05) is 38.1 Å². The van der Waals surface area contributed by atoms with Crippen LogP contribution in [-0.2, 0) is 5.41 Å². The Hall–Kier alpha value is -3.42. The molecule has 0 aliphatic rings.